The first-order valence-corrected chi connectivity index (χ1v) is 9.65. The first kappa shape index (κ1) is 20.2. The fraction of sp³-hybridized carbons (Fsp3) is 0.409. The summed E-state index contributed by atoms with van der Waals surface area (Å²) in [7, 11) is 3.64. The van der Waals surface area contributed by atoms with E-state index >= 15 is 0 Å². The third kappa shape index (κ3) is 4.82. The SMILES string of the molecule is COc1cc(C(=O)Nc2ccccc2)ccc1N(C)[C@@H](C)CN1CC[C@H](O)C1. The van der Waals surface area contributed by atoms with E-state index in [-0.39, 0.29) is 18.1 Å². The van der Waals surface area contributed by atoms with E-state index in [1.54, 1.807) is 13.2 Å². The number of para-hydroxylation sites is 1. The van der Waals surface area contributed by atoms with Crippen molar-refractivity contribution in [3.63, 3.8) is 0 Å². The fourth-order valence-electron chi connectivity index (χ4n) is 3.55. The molecule has 6 heteroatoms. The number of hydrogen-bond donors (Lipinski definition) is 2. The maximum Gasteiger partial charge on any atom is 0.255 e. The van der Waals surface area contributed by atoms with Gasteiger partial charge in [0.2, 0.25) is 0 Å². The van der Waals surface area contributed by atoms with Crippen LogP contribution in [0.4, 0.5) is 11.4 Å². The molecule has 1 aliphatic rings. The number of aliphatic hydroxyl groups excluding tert-OH is 1. The molecular weight excluding hydrogens is 354 g/mol. The number of β-amino-alcohol motifs (C(OH)–C–C–N with tert-alkyl or cyclic N) is 1. The molecule has 1 fully saturated rings. The normalized spacial score (nSPS) is 17.9. The smallest absolute Gasteiger partial charge is 0.255 e. The molecule has 2 N–H and O–H groups in total. The Labute approximate surface area is 166 Å². The summed E-state index contributed by atoms with van der Waals surface area (Å²) in [5.74, 6) is 0.495. The van der Waals surface area contributed by atoms with Gasteiger partial charge in [0.1, 0.15) is 5.75 Å². The molecule has 3 rings (SSSR count). The summed E-state index contributed by atoms with van der Waals surface area (Å²) < 4.78 is 5.57. The van der Waals surface area contributed by atoms with Crippen molar-refractivity contribution in [1.29, 1.82) is 0 Å². The Kier molecular flexibility index (Phi) is 6.54. The molecule has 150 valence electrons. The molecule has 28 heavy (non-hydrogen) atoms. The molecule has 2 aromatic carbocycles. The third-order valence-corrected chi connectivity index (χ3v) is 5.28. The zero-order chi connectivity index (χ0) is 20.1. The molecule has 1 aliphatic heterocycles. The van der Waals surface area contributed by atoms with Crippen molar-refractivity contribution in [2.24, 2.45) is 0 Å². The Bertz CT molecular complexity index is 797. The maximum atomic E-state index is 12.5. The van der Waals surface area contributed by atoms with Crippen molar-refractivity contribution < 1.29 is 14.6 Å². The number of ether oxygens (including phenoxy) is 1. The summed E-state index contributed by atoms with van der Waals surface area (Å²) in [4.78, 5) is 17.0. The number of nitrogens with one attached hydrogen (secondary N) is 1. The van der Waals surface area contributed by atoms with Crippen LogP contribution in [0.5, 0.6) is 5.75 Å². The first-order chi connectivity index (χ1) is 13.5. The summed E-state index contributed by atoms with van der Waals surface area (Å²) in [5.41, 5.74) is 2.24. The van der Waals surface area contributed by atoms with Gasteiger partial charge in [-0.1, -0.05) is 18.2 Å². The molecule has 0 spiro atoms. The Balaban J connectivity index is 1.70. The minimum absolute atomic E-state index is 0.169. The number of rotatable bonds is 7. The van der Waals surface area contributed by atoms with Crippen LogP contribution in [-0.2, 0) is 0 Å². The minimum atomic E-state index is -0.213. The standard InChI is InChI=1S/C22H29N3O3/c1-16(14-25-12-11-19(26)15-25)24(2)20-10-9-17(13-21(20)28-3)22(27)23-18-7-5-4-6-8-18/h4-10,13,16,19,26H,11-12,14-15H2,1-3H3,(H,23,27)/t16-,19-/m0/s1. The molecule has 1 amide bonds. The van der Waals surface area contributed by atoms with E-state index in [4.69, 9.17) is 4.74 Å². The predicted octanol–water partition coefficient (Wildman–Crippen LogP) is 2.84. The number of amides is 1. The molecular formula is C22H29N3O3. The predicted molar refractivity (Wildman–Crippen MR) is 112 cm³/mol. The van der Waals surface area contributed by atoms with Crippen LogP contribution >= 0.6 is 0 Å². The van der Waals surface area contributed by atoms with Gasteiger partial charge in [-0.15, -0.1) is 0 Å². The zero-order valence-electron chi connectivity index (χ0n) is 16.8. The third-order valence-electron chi connectivity index (χ3n) is 5.28. The number of methoxy groups -OCH3 is 1. The largest absolute Gasteiger partial charge is 0.495 e. The number of anilines is 2. The molecule has 0 bridgehead atoms. The van der Waals surface area contributed by atoms with E-state index in [0.29, 0.717) is 11.3 Å². The topological polar surface area (TPSA) is 65.0 Å². The minimum Gasteiger partial charge on any atom is -0.495 e. The molecule has 2 atom stereocenters. The molecule has 0 aliphatic carbocycles. The van der Waals surface area contributed by atoms with Gasteiger partial charge in [0.15, 0.2) is 0 Å². The van der Waals surface area contributed by atoms with Gasteiger partial charge in [-0.3, -0.25) is 9.69 Å². The van der Waals surface area contributed by atoms with Crippen LogP contribution in [-0.4, -0.2) is 61.9 Å². The lowest BCUT2D eigenvalue weighted by Crippen LogP contribution is -2.40. The van der Waals surface area contributed by atoms with Crippen molar-refractivity contribution in [3.05, 3.63) is 54.1 Å². The highest BCUT2D eigenvalue weighted by Gasteiger charge is 2.24. The number of aliphatic hydroxyl groups is 1. The Morgan fingerprint density at radius 1 is 1.32 bits per heavy atom. The van der Waals surface area contributed by atoms with Crippen LogP contribution in [0.15, 0.2) is 48.5 Å². The molecule has 0 unspecified atom stereocenters. The van der Waals surface area contributed by atoms with Crippen LogP contribution in [0.3, 0.4) is 0 Å². The van der Waals surface area contributed by atoms with Gasteiger partial charge < -0.3 is 20.1 Å². The highest BCUT2D eigenvalue weighted by molar-refractivity contribution is 6.04. The van der Waals surface area contributed by atoms with E-state index in [0.717, 1.165) is 37.4 Å². The lowest BCUT2D eigenvalue weighted by molar-refractivity contribution is 0.102. The van der Waals surface area contributed by atoms with Crippen LogP contribution in [0.2, 0.25) is 0 Å². The lowest BCUT2D eigenvalue weighted by atomic mass is 10.1. The average Bonchev–Trinajstić information content (AvgIpc) is 3.12. The van der Waals surface area contributed by atoms with Gasteiger partial charge >= 0.3 is 0 Å². The Hall–Kier alpha value is -2.57. The van der Waals surface area contributed by atoms with E-state index in [1.165, 1.54) is 0 Å². The molecule has 1 saturated heterocycles. The van der Waals surface area contributed by atoms with Crippen molar-refractivity contribution in [2.45, 2.75) is 25.5 Å². The van der Waals surface area contributed by atoms with Crippen LogP contribution in [0.25, 0.3) is 0 Å². The molecule has 0 aromatic heterocycles. The molecule has 0 radical (unpaired) electrons. The quantitative estimate of drug-likeness (QED) is 0.770. The number of likely N-dealkylation sites (N-methyl/N-ethyl adjacent to an activating group) is 1. The summed E-state index contributed by atoms with van der Waals surface area (Å²) in [5, 5.41) is 12.6. The average molecular weight is 383 g/mol. The van der Waals surface area contributed by atoms with Gasteiger partial charge in [-0.25, -0.2) is 0 Å². The number of likely N-dealkylation sites (tertiary alicyclic amines) is 1. The Morgan fingerprint density at radius 3 is 2.71 bits per heavy atom. The van der Waals surface area contributed by atoms with Crippen LogP contribution < -0.4 is 15.0 Å². The van der Waals surface area contributed by atoms with E-state index in [9.17, 15) is 9.90 Å². The molecule has 6 nitrogen and oxygen atoms in total. The number of hydrogen-bond acceptors (Lipinski definition) is 5. The number of carbonyl (C=O) groups is 1. The molecule has 0 saturated carbocycles. The summed E-state index contributed by atoms with van der Waals surface area (Å²) in [6, 6.07) is 15.1. The van der Waals surface area contributed by atoms with Crippen LogP contribution in [0.1, 0.15) is 23.7 Å². The second-order valence-electron chi connectivity index (χ2n) is 7.37. The summed E-state index contributed by atoms with van der Waals surface area (Å²) in [6.45, 7) is 4.68. The summed E-state index contributed by atoms with van der Waals surface area (Å²) >= 11 is 0. The van der Waals surface area contributed by atoms with E-state index < -0.39 is 0 Å². The highest BCUT2D eigenvalue weighted by Crippen LogP contribution is 2.30. The Morgan fingerprint density at radius 2 is 2.07 bits per heavy atom. The highest BCUT2D eigenvalue weighted by atomic mass is 16.5. The molecule has 1 heterocycles. The van der Waals surface area contributed by atoms with Crippen molar-refractivity contribution in [3.8, 4) is 5.75 Å². The van der Waals surface area contributed by atoms with Crippen molar-refractivity contribution in [1.82, 2.24) is 4.90 Å². The van der Waals surface area contributed by atoms with E-state index in [1.807, 2.05) is 49.5 Å². The van der Waals surface area contributed by atoms with Gasteiger partial charge in [0, 0.05) is 44.0 Å². The fourth-order valence-corrected chi connectivity index (χ4v) is 3.55. The summed E-state index contributed by atoms with van der Waals surface area (Å²) in [6.07, 6.45) is 0.625. The maximum absolute atomic E-state index is 12.5. The lowest BCUT2D eigenvalue weighted by Gasteiger charge is -2.31. The molecule has 2 aromatic rings. The second kappa shape index (κ2) is 9.08. The van der Waals surface area contributed by atoms with Gasteiger partial charge in [-0.2, -0.15) is 0 Å². The number of benzene rings is 2. The zero-order valence-corrected chi connectivity index (χ0v) is 16.8. The van der Waals surface area contributed by atoms with Gasteiger partial charge in [0.05, 0.1) is 18.9 Å². The van der Waals surface area contributed by atoms with E-state index in [2.05, 4.69) is 22.0 Å². The second-order valence-corrected chi connectivity index (χ2v) is 7.37. The van der Waals surface area contributed by atoms with Crippen molar-refractivity contribution >= 4 is 17.3 Å². The monoisotopic (exact) mass is 383 g/mol. The van der Waals surface area contributed by atoms with Crippen LogP contribution in [0, 0.1) is 0 Å². The van der Waals surface area contributed by atoms with Gasteiger partial charge in [0.25, 0.3) is 5.91 Å². The number of nitrogens with zero attached hydrogens (tertiary/aromatic N) is 2. The van der Waals surface area contributed by atoms with Crippen molar-refractivity contribution in [2.75, 3.05) is 44.0 Å². The number of carbonyl (C=O) groups excluding carboxylic acids is 1. The first-order valence-electron chi connectivity index (χ1n) is 9.65. The van der Waals surface area contributed by atoms with Gasteiger partial charge in [-0.05, 0) is 43.7 Å².